The molecule has 2 heterocycles. The van der Waals surface area contributed by atoms with Crippen molar-refractivity contribution in [3.05, 3.63) is 35.7 Å². The molecule has 0 amide bonds. The molecule has 9 heteroatoms. The number of alkyl halides is 3. The first kappa shape index (κ1) is 17.4. The molecule has 0 aliphatic carbocycles. The van der Waals surface area contributed by atoms with Crippen molar-refractivity contribution in [3.63, 3.8) is 0 Å². The summed E-state index contributed by atoms with van der Waals surface area (Å²) in [5, 5.41) is 12.9. The Hall–Kier alpha value is -2.42. The minimum atomic E-state index is -4.39. The molecule has 1 atom stereocenters. The molecule has 134 valence electrons. The molecule has 2 aromatic rings. The summed E-state index contributed by atoms with van der Waals surface area (Å²) in [5.41, 5.74) is -0.321. The van der Waals surface area contributed by atoms with Gasteiger partial charge < -0.3 is 9.63 Å². The number of carboxylic acids is 1. The van der Waals surface area contributed by atoms with Crippen LogP contribution in [0.1, 0.15) is 24.3 Å². The average Bonchev–Trinajstić information content (AvgIpc) is 3.03. The van der Waals surface area contributed by atoms with Gasteiger partial charge in [0.2, 0.25) is 11.7 Å². The second-order valence-electron chi connectivity index (χ2n) is 6.00. The molecule has 1 aliphatic rings. The molecule has 1 unspecified atom stereocenters. The van der Waals surface area contributed by atoms with Gasteiger partial charge in [-0.25, -0.2) is 0 Å². The SMILES string of the molecule is O=C(O)C1CCCN(Cc2nc(-c3ccc(C(F)(F)F)cc3)no2)C1. The molecule has 6 nitrogen and oxygen atoms in total. The van der Waals surface area contributed by atoms with Gasteiger partial charge in [0.15, 0.2) is 0 Å². The zero-order valence-electron chi connectivity index (χ0n) is 13.2. The lowest BCUT2D eigenvalue weighted by Gasteiger charge is -2.29. The van der Waals surface area contributed by atoms with Crippen molar-refractivity contribution in [1.82, 2.24) is 15.0 Å². The smallest absolute Gasteiger partial charge is 0.416 e. The Bertz CT molecular complexity index is 743. The van der Waals surface area contributed by atoms with Crippen LogP contribution in [0.15, 0.2) is 28.8 Å². The Balaban J connectivity index is 1.67. The number of hydrogen-bond donors (Lipinski definition) is 1. The summed E-state index contributed by atoms with van der Waals surface area (Å²) in [6.45, 7) is 1.46. The maximum absolute atomic E-state index is 12.6. The molecule has 1 fully saturated rings. The summed E-state index contributed by atoms with van der Waals surface area (Å²) in [4.78, 5) is 17.2. The van der Waals surface area contributed by atoms with Crippen LogP contribution in [-0.2, 0) is 17.5 Å². The zero-order valence-corrected chi connectivity index (χ0v) is 13.2. The monoisotopic (exact) mass is 355 g/mol. The van der Waals surface area contributed by atoms with Crippen molar-refractivity contribution in [1.29, 1.82) is 0 Å². The highest BCUT2D eigenvalue weighted by Gasteiger charge is 2.30. The minimum absolute atomic E-state index is 0.204. The molecule has 0 spiro atoms. The first-order chi connectivity index (χ1) is 11.8. The first-order valence-corrected chi connectivity index (χ1v) is 7.78. The molecule has 3 rings (SSSR count). The van der Waals surface area contributed by atoms with E-state index < -0.39 is 23.6 Å². The van der Waals surface area contributed by atoms with Crippen LogP contribution in [0.25, 0.3) is 11.4 Å². The third-order valence-corrected chi connectivity index (χ3v) is 4.15. The standard InChI is InChI=1S/C16H16F3N3O3/c17-16(18,19)12-5-3-10(4-6-12)14-20-13(25-21-14)9-22-7-1-2-11(8-22)15(23)24/h3-6,11H,1-2,7-9H2,(H,23,24). The van der Waals surface area contributed by atoms with Crippen molar-refractivity contribution < 1.29 is 27.6 Å². The van der Waals surface area contributed by atoms with E-state index in [1.54, 1.807) is 0 Å². The van der Waals surface area contributed by atoms with E-state index in [0.717, 1.165) is 25.1 Å². The van der Waals surface area contributed by atoms with Gasteiger partial charge in [0, 0.05) is 12.1 Å². The molecule has 1 aromatic heterocycles. The zero-order chi connectivity index (χ0) is 18.0. The highest BCUT2D eigenvalue weighted by atomic mass is 19.4. The van der Waals surface area contributed by atoms with E-state index in [4.69, 9.17) is 9.63 Å². The molecule has 1 saturated heterocycles. The maximum Gasteiger partial charge on any atom is 0.416 e. The maximum atomic E-state index is 12.6. The van der Waals surface area contributed by atoms with Crippen molar-refractivity contribution in [2.24, 2.45) is 5.92 Å². The lowest BCUT2D eigenvalue weighted by molar-refractivity contribution is -0.143. The highest BCUT2D eigenvalue weighted by Crippen LogP contribution is 2.30. The number of aromatic nitrogens is 2. The number of rotatable bonds is 4. The molecular weight excluding hydrogens is 339 g/mol. The number of aliphatic carboxylic acids is 1. The fourth-order valence-corrected chi connectivity index (χ4v) is 2.84. The van der Waals surface area contributed by atoms with Crippen molar-refractivity contribution in [3.8, 4) is 11.4 Å². The van der Waals surface area contributed by atoms with Gasteiger partial charge in [-0.2, -0.15) is 18.2 Å². The molecular formula is C16H16F3N3O3. The molecule has 1 aromatic carbocycles. The van der Waals surface area contributed by atoms with Gasteiger partial charge in [0.1, 0.15) is 0 Å². The largest absolute Gasteiger partial charge is 0.481 e. The number of halogens is 3. The molecule has 0 saturated carbocycles. The van der Waals surface area contributed by atoms with Gasteiger partial charge in [-0.3, -0.25) is 9.69 Å². The van der Waals surface area contributed by atoms with Crippen LogP contribution in [0.2, 0.25) is 0 Å². The summed E-state index contributed by atoms with van der Waals surface area (Å²) in [6.07, 6.45) is -2.97. The summed E-state index contributed by atoms with van der Waals surface area (Å²) >= 11 is 0. The van der Waals surface area contributed by atoms with Gasteiger partial charge in [-0.05, 0) is 31.5 Å². The Morgan fingerprint density at radius 3 is 2.68 bits per heavy atom. The normalized spacial score (nSPS) is 19.1. The van der Waals surface area contributed by atoms with Gasteiger partial charge in [0.25, 0.3) is 0 Å². The van der Waals surface area contributed by atoms with E-state index in [2.05, 4.69) is 10.1 Å². The van der Waals surface area contributed by atoms with E-state index in [-0.39, 0.29) is 5.82 Å². The number of hydrogen-bond acceptors (Lipinski definition) is 5. The molecule has 0 bridgehead atoms. The molecule has 0 radical (unpaired) electrons. The number of nitrogens with zero attached hydrogens (tertiary/aromatic N) is 3. The van der Waals surface area contributed by atoms with E-state index >= 15 is 0 Å². The van der Waals surface area contributed by atoms with Crippen LogP contribution in [0.4, 0.5) is 13.2 Å². The number of piperidine rings is 1. The van der Waals surface area contributed by atoms with Crippen LogP contribution in [-0.4, -0.2) is 39.2 Å². The summed E-state index contributed by atoms with van der Waals surface area (Å²) in [7, 11) is 0. The van der Waals surface area contributed by atoms with E-state index in [1.165, 1.54) is 12.1 Å². The van der Waals surface area contributed by atoms with Gasteiger partial charge >= 0.3 is 12.1 Å². The van der Waals surface area contributed by atoms with Crippen molar-refractivity contribution in [2.45, 2.75) is 25.6 Å². The summed E-state index contributed by atoms with van der Waals surface area (Å²) in [5.74, 6) is -0.719. The highest BCUT2D eigenvalue weighted by molar-refractivity contribution is 5.70. The van der Waals surface area contributed by atoms with Crippen LogP contribution in [0.5, 0.6) is 0 Å². The van der Waals surface area contributed by atoms with Crippen LogP contribution in [0.3, 0.4) is 0 Å². The Morgan fingerprint density at radius 1 is 1.32 bits per heavy atom. The van der Waals surface area contributed by atoms with Gasteiger partial charge in [-0.1, -0.05) is 17.3 Å². The van der Waals surface area contributed by atoms with Gasteiger partial charge in [0.05, 0.1) is 18.0 Å². The molecule has 25 heavy (non-hydrogen) atoms. The number of likely N-dealkylation sites (tertiary alicyclic amines) is 1. The van der Waals surface area contributed by atoms with Crippen molar-refractivity contribution >= 4 is 5.97 Å². The Kier molecular flexibility index (Phi) is 4.76. The Labute approximate surface area is 141 Å². The second-order valence-corrected chi connectivity index (χ2v) is 6.00. The van der Waals surface area contributed by atoms with E-state index in [1.807, 2.05) is 4.90 Å². The third kappa shape index (κ3) is 4.16. The average molecular weight is 355 g/mol. The third-order valence-electron chi connectivity index (χ3n) is 4.15. The molecule has 1 aliphatic heterocycles. The predicted molar refractivity (Wildman–Crippen MR) is 80.4 cm³/mol. The van der Waals surface area contributed by atoms with Crippen molar-refractivity contribution in [2.75, 3.05) is 13.1 Å². The Morgan fingerprint density at radius 2 is 2.04 bits per heavy atom. The lowest BCUT2D eigenvalue weighted by Crippen LogP contribution is -2.38. The number of carbonyl (C=O) groups is 1. The van der Waals surface area contributed by atoms with Crippen LogP contribution < -0.4 is 0 Å². The number of benzene rings is 1. The van der Waals surface area contributed by atoms with E-state index in [0.29, 0.717) is 31.0 Å². The minimum Gasteiger partial charge on any atom is -0.481 e. The number of carboxylic acid groups (broad SMARTS) is 1. The lowest BCUT2D eigenvalue weighted by atomic mass is 9.98. The topological polar surface area (TPSA) is 79.5 Å². The quantitative estimate of drug-likeness (QED) is 0.908. The fourth-order valence-electron chi connectivity index (χ4n) is 2.84. The summed E-state index contributed by atoms with van der Waals surface area (Å²) < 4.78 is 42.9. The predicted octanol–water partition coefficient (Wildman–Crippen LogP) is 3.05. The van der Waals surface area contributed by atoms with Crippen LogP contribution >= 0.6 is 0 Å². The van der Waals surface area contributed by atoms with Crippen LogP contribution in [0, 0.1) is 5.92 Å². The van der Waals surface area contributed by atoms with Gasteiger partial charge in [-0.15, -0.1) is 0 Å². The van der Waals surface area contributed by atoms with E-state index in [9.17, 15) is 18.0 Å². The first-order valence-electron chi connectivity index (χ1n) is 7.78. The second kappa shape index (κ2) is 6.83. The summed E-state index contributed by atoms with van der Waals surface area (Å²) in [6, 6.07) is 4.51. The fraction of sp³-hybridized carbons (Fsp3) is 0.438. The molecule has 1 N–H and O–H groups in total.